The van der Waals surface area contributed by atoms with E-state index in [0.29, 0.717) is 11.8 Å². The maximum absolute atomic E-state index is 5.19. The maximum Gasteiger partial charge on any atom is 0.0549 e. The van der Waals surface area contributed by atoms with Crippen LogP contribution in [0.15, 0.2) is 10.2 Å². The van der Waals surface area contributed by atoms with Crippen LogP contribution in [0.25, 0.3) is 0 Å². The molecule has 0 saturated carbocycles. The highest BCUT2D eigenvalue weighted by Crippen LogP contribution is 2.43. The first-order valence-electron chi connectivity index (χ1n) is 11.7. The molecule has 0 aliphatic carbocycles. The molecular formula is C22H36N6. The smallest absolute Gasteiger partial charge is 0.0549 e. The molecule has 8 bridgehead atoms. The number of fused-ring (bicyclic) bond motifs is 2. The minimum atomic E-state index is 0.247. The van der Waals surface area contributed by atoms with Crippen molar-refractivity contribution in [1.29, 1.82) is 0 Å². The molecule has 8 fully saturated rings. The molecule has 0 aromatic heterocycles. The Labute approximate surface area is 169 Å². The summed E-state index contributed by atoms with van der Waals surface area (Å²) >= 11 is 0. The van der Waals surface area contributed by atoms with Gasteiger partial charge in [-0.25, -0.2) is 0 Å². The number of hydrogen-bond acceptors (Lipinski definition) is 6. The summed E-state index contributed by atoms with van der Waals surface area (Å²) in [6, 6.07) is 0. The van der Waals surface area contributed by atoms with E-state index in [9.17, 15) is 0 Å². The van der Waals surface area contributed by atoms with Crippen molar-refractivity contribution in [3.63, 3.8) is 0 Å². The van der Waals surface area contributed by atoms with Crippen molar-refractivity contribution >= 4 is 11.4 Å². The van der Waals surface area contributed by atoms with Crippen molar-refractivity contribution in [3.8, 4) is 0 Å². The van der Waals surface area contributed by atoms with Crippen molar-refractivity contribution in [3.05, 3.63) is 0 Å². The number of hydrogen-bond donors (Lipinski definition) is 0. The van der Waals surface area contributed by atoms with Gasteiger partial charge in [0.15, 0.2) is 0 Å². The molecule has 4 unspecified atom stereocenters. The van der Waals surface area contributed by atoms with Crippen LogP contribution in [0.5, 0.6) is 0 Å². The third-order valence-electron chi connectivity index (χ3n) is 8.96. The van der Waals surface area contributed by atoms with Crippen LogP contribution >= 0.6 is 0 Å². The number of rotatable bonds is 3. The largest absolute Gasteiger partial charge is 0.300 e. The van der Waals surface area contributed by atoms with Gasteiger partial charge >= 0.3 is 0 Å². The van der Waals surface area contributed by atoms with Gasteiger partial charge in [0.1, 0.15) is 0 Å². The fraction of sp³-hybridized carbons (Fsp3) is 0.909. The average Bonchev–Trinajstić information content (AvgIpc) is 3.07. The van der Waals surface area contributed by atoms with Gasteiger partial charge in [0.05, 0.1) is 11.4 Å². The molecule has 0 spiro atoms. The average molecular weight is 385 g/mol. The highest BCUT2D eigenvalue weighted by atomic mass is 15.3. The molecular weight excluding hydrogens is 348 g/mol. The van der Waals surface area contributed by atoms with Crippen LogP contribution in [0, 0.1) is 22.7 Å². The monoisotopic (exact) mass is 384 g/mol. The van der Waals surface area contributed by atoms with Crippen LogP contribution in [-0.2, 0) is 0 Å². The molecule has 0 N–H and O–H groups in total. The van der Waals surface area contributed by atoms with Gasteiger partial charge in [-0.2, -0.15) is 10.2 Å². The van der Waals surface area contributed by atoms with Crippen molar-refractivity contribution in [2.75, 3.05) is 78.5 Å². The van der Waals surface area contributed by atoms with Gasteiger partial charge in [0.2, 0.25) is 0 Å². The quantitative estimate of drug-likeness (QED) is 0.683. The first kappa shape index (κ1) is 18.0. The summed E-state index contributed by atoms with van der Waals surface area (Å²) in [7, 11) is 0. The predicted octanol–water partition coefficient (Wildman–Crippen LogP) is 1.10. The first-order valence-corrected chi connectivity index (χ1v) is 11.7. The Morgan fingerprint density at radius 1 is 0.643 bits per heavy atom. The molecule has 8 heterocycles. The zero-order valence-electron chi connectivity index (χ0n) is 17.7. The van der Waals surface area contributed by atoms with Crippen molar-refractivity contribution in [1.82, 2.24) is 19.6 Å². The fourth-order valence-corrected chi connectivity index (χ4v) is 7.51. The molecule has 8 rings (SSSR count). The van der Waals surface area contributed by atoms with E-state index in [0.717, 1.165) is 0 Å². The van der Waals surface area contributed by atoms with Gasteiger partial charge in [-0.05, 0) is 12.8 Å². The molecule has 6 heteroatoms. The molecule has 0 aromatic carbocycles. The second-order valence-electron chi connectivity index (χ2n) is 10.6. The van der Waals surface area contributed by atoms with Gasteiger partial charge in [0.25, 0.3) is 0 Å². The van der Waals surface area contributed by atoms with Gasteiger partial charge in [-0.15, -0.1) is 0 Å². The number of piperidine rings is 4. The Kier molecular flexibility index (Phi) is 4.07. The second-order valence-corrected chi connectivity index (χ2v) is 10.6. The van der Waals surface area contributed by atoms with Gasteiger partial charge in [-0.3, -0.25) is 0 Å². The third kappa shape index (κ3) is 2.54. The molecule has 154 valence electrons. The molecule has 0 amide bonds. The summed E-state index contributed by atoms with van der Waals surface area (Å²) in [5, 5.41) is 10.4. The molecule has 8 aliphatic heterocycles. The molecule has 28 heavy (non-hydrogen) atoms. The summed E-state index contributed by atoms with van der Waals surface area (Å²) in [5.74, 6) is 1.19. The standard InChI is InChI=1S/C22H36N6/c1-3-21-13-25-5-6-26(14-21)10-17(9-25)19(21)23-24-20-18-11-27-7-8-28(12-18)16-22(20,4-2)15-27/h17-18H,3-16H2,1-2H3/b23-19-,24-20-. The minimum Gasteiger partial charge on any atom is -0.300 e. The van der Waals surface area contributed by atoms with Crippen LogP contribution in [0.4, 0.5) is 0 Å². The van der Waals surface area contributed by atoms with Crippen LogP contribution in [0.1, 0.15) is 26.7 Å². The molecule has 0 aromatic rings. The predicted molar refractivity (Wildman–Crippen MR) is 113 cm³/mol. The summed E-state index contributed by atoms with van der Waals surface area (Å²) in [6.07, 6.45) is 2.40. The van der Waals surface area contributed by atoms with E-state index in [1.54, 1.807) is 0 Å². The molecule has 0 radical (unpaired) electrons. The van der Waals surface area contributed by atoms with Crippen LogP contribution in [0.2, 0.25) is 0 Å². The highest BCUT2D eigenvalue weighted by molar-refractivity contribution is 5.98. The van der Waals surface area contributed by atoms with Crippen molar-refractivity contribution in [2.45, 2.75) is 26.7 Å². The van der Waals surface area contributed by atoms with E-state index in [4.69, 9.17) is 10.2 Å². The second kappa shape index (κ2) is 6.34. The van der Waals surface area contributed by atoms with E-state index in [-0.39, 0.29) is 10.8 Å². The van der Waals surface area contributed by atoms with Gasteiger partial charge < -0.3 is 19.6 Å². The summed E-state index contributed by atoms with van der Waals surface area (Å²) in [5.41, 5.74) is 3.40. The van der Waals surface area contributed by atoms with E-state index in [1.165, 1.54) is 103 Å². The SMILES string of the molecule is CCC12CN3CCN(CC(C3)/C1=N/N=C1/C3CN4CCN(C3)CC1(CC)C4)C2. The maximum atomic E-state index is 5.19. The number of nitrogens with zero attached hydrogens (tertiary/aromatic N) is 6. The molecule has 8 aliphatic rings. The summed E-state index contributed by atoms with van der Waals surface area (Å²) < 4.78 is 0. The minimum absolute atomic E-state index is 0.247. The Morgan fingerprint density at radius 2 is 0.964 bits per heavy atom. The van der Waals surface area contributed by atoms with Crippen molar-refractivity contribution < 1.29 is 0 Å². The van der Waals surface area contributed by atoms with Gasteiger partial charge in [-0.1, -0.05) is 13.8 Å². The molecule has 8 saturated heterocycles. The lowest BCUT2D eigenvalue weighted by Gasteiger charge is -2.51. The third-order valence-corrected chi connectivity index (χ3v) is 8.96. The Bertz CT molecular complexity index is 622. The molecule has 6 nitrogen and oxygen atoms in total. The normalized spacial score (nSPS) is 54.5. The fourth-order valence-electron chi connectivity index (χ4n) is 7.51. The lowest BCUT2D eigenvalue weighted by atomic mass is 9.68. The summed E-state index contributed by atoms with van der Waals surface area (Å²) in [4.78, 5) is 10.8. The zero-order valence-corrected chi connectivity index (χ0v) is 17.7. The summed E-state index contributed by atoms with van der Waals surface area (Å²) in [6.45, 7) is 19.3. The Balaban J connectivity index is 1.39. The van der Waals surface area contributed by atoms with Crippen LogP contribution in [-0.4, -0.2) is 110 Å². The zero-order chi connectivity index (χ0) is 18.9. The van der Waals surface area contributed by atoms with E-state index >= 15 is 0 Å². The topological polar surface area (TPSA) is 37.7 Å². The van der Waals surface area contributed by atoms with Crippen molar-refractivity contribution in [2.24, 2.45) is 32.9 Å². The van der Waals surface area contributed by atoms with E-state index in [1.807, 2.05) is 0 Å². The van der Waals surface area contributed by atoms with E-state index < -0.39 is 0 Å². The molecule has 4 atom stereocenters. The van der Waals surface area contributed by atoms with Crippen LogP contribution < -0.4 is 0 Å². The lowest BCUT2D eigenvalue weighted by molar-refractivity contribution is 0.112. The Morgan fingerprint density at radius 3 is 1.25 bits per heavy atom. The Hall–Kier alpha value is -0.820. The van der Waals surface area contributed by atoms with Crippen LogP contribution in [0.3, 0.4) is 0 Å². The lowest BCUT2D eigenvalue weighted by Crippen LogP contribution is -2.62. The first-order chi connectivity index (χ1) is 13.6. The van der Waals surface area contributed by atoms with Gasteiger partial charge in [0, 0.05) is 101 Å². The van der Waals surface area contributed by atoms with E-state index in [2.05, 4.69) is 33.4 Å². The highest BCUT2D eigenvalue weighted by Gasteiger charge is 2.53.